The van der Waals surface area contributed by atoms with Gasteiger partial charge in [0.15, 0.2) is 0 Å². The Morgan fingerprint density at radius 2 is 1.95 bits per heavy atom. The summed E-state index contributed by atoms with van der Waals surface area (Å²) in [5.74, 6) is -0.895. The van der Waals surface area contributed by atoms with E-state index in [4.69, 9.17) is 16.3 Å². The molecule has 37 heavy (non-hydrogen) atoms. The number of aromatic nitrogens is 2. The predicted octanol–water partition coefficient (Wildman–Crippen LogP) is 4.18. The first-order valence-corrected chi connectivity index (χ1v) is 13.9. The van der Waals surface area contributed by atoms with Gasteiger partial charge in [-0.2, -0.15) is 0 Å². The van der Waals surface area contributed by atoms with Crippen molar-refractivity contribution in [3.05, 3.63) is 57.9 Å². The van der Waals surface area contributed by atoms with Crippen molar-refractivity contribution in [3.63, 3.8) is 0 Å². The molecule has 3 N–H and O–H groups in total. The van der Waals surface area contributed by atoms with E-state index in [0.717, 1.165) is 0 Å². The first-order chi connectivity index (χ1) is 17.5. The minimum atomic E-state index is -4.00. The third-order valence-corrected chi connectivity index (χ3v) is 8.45. The van der Waals surface area contributed by atoms with Crippen LogP contribution < -0.4 is 10.0 Å². The van der Waals surface area contributed by atoms with Crippen LogP contribution in [0.5, 0.6) is 0 Å². The molecule has 1 saturated carbocycles. The zero-order valence-corrected chi connectivity index (χ0v) is 22.8. The summed E-state index contributed by atoms with van der Waals surface area (Å²) in [6.45, 7) is -0.0123. The van der Waals surface area contributed by atoms with Crippen LogP contribution in [0.3, 0.4) is 0 Å². The number of benzene rings is 2. The number of amides is 1. The van der Waals surface area contributed by atoms with Crippen molar-refractivity contribution in [2.24, 2.45) is 0 Å². The number of hydrogen-bond donors (Lipinski definition) is 3. The zero-order valence-electron chi connectivity index (χ0n) is 19.6. The highest BCUT2D eigenvalue weighted by Crippen LogP contribution is 2.36. The Morgan fingerprint density at radius 3 is 2.62 bits per heavy atom. The molecule has 0 saturated heterocycles. The monoisotopic (exact) mass is 612 g/mol. The van der Waals surface area contributed by atoms with Crippen LogP contribution in [0.4, 0.5) is 4.39 Å². The Bertz CT molecular complexity index is 1460. The van der Waals surface area contributed by atoms with E-state index in [0.29, 0.717) is 40.0 Å². The van der Waals surface area contributed by atoms with Gasteiger partial charge < -0.3 is 15.0 Å². The lowest BCUT2D eigenvalue weighted by Crippen LogP contribution is -2.43. The van der Waals surface area contributed by atoms with Gasteiger partial charge in [-0.15, -0.1) is 0 Å². The molecule has 9 nitrogen and oxygen atoms in total. The molecular formula is C24H23BrClFN4O5S. The number of H-pyrrole nitrogens is 1. The van der Waals surface area contributed by atoms with E-state index in [1.807, 2.05) is 0 Å². The van der Waals surface area contributed by atoms with Crippen LogP contribution >= 0.6 is 27.5 Å². The van der Waals surface area contributed by atoms with Crippen molar-refractivity contribution in [1.29, 1.82) is 0 Å². The number of nitrogens with one attached hydrogen (secondary N) is 3. The lowest BCUT2D eigenvalue weighted by Gasteiger charge is -2.14. The molecule has 3 aromatic rings. The summed E-state index contributed by atoms with van der Waals surface area (Å²) in [6.07, 6.45) is 2.87. The molecule has 0 aliphatic heterocycles. The van der Waals surface area contributed by atoms with Crippen molar-refractivity contribution >= 4 is 49.4 Å². The molecule has 0 unspecified atom stereocenters. The minimum absolute atomic E-state index is 0.0123. The van der Waals surface area contributed by atoms with Crippen LogP contribution in [-0.2, 0) is 24.3 Å². The summed E-state index contributed by atoms with van der Waals surface area (Å²) in [5.41, 5.74) is 0.550. The van der Waals surface area contributed by atoms with Crippen LogP contribution in [0.2, 0.25) is 5.02 Å². The molecule has 0 atom stereocenters. The van der Waals surface area contributed by atoms with Crippen molar-refractivity contribution in [2.45, 2.75) is 36.1 Å². The van der Waals surface area contributed by atoms with Gasteiger partial charge in [0, 0.05) is 30.3 Å². The number of sulfonamides is 1. The minimum Gasteiger partial charge on any atom is -0.467 e. The average Bonchev–Trinajstić information content (AvgIpc) is 3.47. The van der Waals surface area contributed by atoms with Crippen LogP contribution in [0.15, 0.2) is 52.0 Å². The van der Waals surface area contributed by atoms with Crippen LogP contribution in [-0.4, -0.2) is 49.5 Å². The van der Waals surface area contributed by atoms with E-state index in [2.05, 4.69) is 35.9 Å². The summed E-state index contributed by atoms with van der Waals surface area (Å²) < 4.78 is 47.2. The number of imidazole rings is 1. The van der Waals surface area contributed by atoms with Crippen LogP contribution in [0.25, 0.3) is 22.6 Å². The molecule has 1 aliphatic rings. The van der Waals surface area contributed by atoms with Crippen LogP contribution in [0, 0.1) is 5.82 Å². The fourth-order valence-corrected chi connectivity index (χ4v) is 5.54. The first kappa shape index (κ1) is 27.2. The lowest BCUT2D eigenvalue weighted by molar-refractivity contribution is -0.146. The highest BCUT2D eigenvalue weighted by molar-refractivity contribution is 9.10. The molecule has 0 bridgehead atoms. The smallest absolute Gasteiger partial charge is 0.331 e. The van der Waals surface area contributed by atoms with E-state index >= 15 is 0 Å². The fraction of sp³-hybridized carbons (Fsp3) is 0.292. The first-order valence-electron chi connectivity index (χ1n) is 11.2. The van der Waals surface area contributed by atoms with Gasteiger partial charge >= 0.3 is 5.97 Å². The number of nitrogens with zero attached hydrogens (tertiary/aromatic N) is 1. The van der Waals surface area contributed by atoms with Crippen molar-refractivity contribution in [3.8, 4) is 22.6 Å². The Hall–Kier alpha value is -2.80. The number of hydrogen-bond acceptors (Lipinski definition) is 6. The van der Waals surface area contributed by atoms with Gasteiger partial charge in [0.05, 0.1) is 22.3 Å². The normalized spacial score (nSPS) is 14.3. The molecule has 1 heterocycles. The van der Waals surface area contributed by atoms with Crippen molar-refractivity contribution < 1.29 is 27.1 Å². The van der Waals surface area contributed by atoms with Crippen LogP contribution in [0.1, 0.15) is 25.7 Å². The van der Waals surface area contributed by atoms with Gasteiger partial charge in [0.25, 0.3) is 0 Å². The molecule has 1 fully saturated rings. The largest absolute Gasteiger partial charge is 0.467 e. The SMILES string of the molecule is COC(=O)C1(NC(=O)CCCNS(=O)(=O)c2cc(-c3nc(-c4ccc(Br)c(F)c4)c[nH]3)ccc2Cl)CC1. The third kappa shape index (κ3) is 6.20. The highest BCUT2D eigenvalue weighted by Gasteiger charge is 2.52. The summed E-state index contributed by atoms with van der Waals surface area (Å²) in [7, 11) is -2.74. The predicted molar refractivity (Wildman–Crippen MR) is 139 cm³/mol. The number of ether oxygens (including phenoxy) is 1. The summed E-state index contributed by atoms with van der Waals surface area (Å²) in [6, 6.07) is 9.06. The number of rotatable bonds is 10. The molecule has 4 rings (SSSR count). The van der Waals surface area contributed by atoms with Gasteiger partial charge in [-0.3, -0.25) is 4.79 Å². The standard InChI is InChI=1S/C24H23BrClFN4O5S/c1-36-23(33)24(8-9-24)31-21(32)3-2-10-29-37(34,35)20-12-15(5-7-17(20)26)22-28-13-19(30-22)14-4-6-16(25)18(27)11-14/h4-7,11-13,29H,2-3,8-10H2,1H3,(H,28,30)(H,31,32). The number of esters is 1. The van der Waals surface area contributed by atoms with E-state index in [9.17, 15) is 22.4 Å². The average molecular weight is 614 g/mol. The Balaban J connectivity index is 1.40. The molecule has 13 heteroatoms. The van der Waals surface area contributed by atoms with Gasteiger partial charge in [-0.1, -0.05) is 17.7 Å². The Kier molecular flexibility index (Phi) is 8.02. The van der Waals surface area contributed by atoms with E-state index in [-0.39, 0.29) is 35.2 Å². The maximum absolute atomic E-state index is 13.9. The quantitative estimate of drug-likeness (QED) is 0.232. The van der Waals surface area contributed by atoms with E-state index in [1.54, 1.807) is 24.4 Å². The van der Waals surface area contributed by atoms with E-state index < -0.39 is 27.3 Å². The molecule has 0 spiro atoms. The second-order valence-corrected chi connectivity index (χ2v) is 11.5. The second-order valence-electron chi connectivity index (χ2n) is 8.53. The van der Waals surface area contributed by atoms with Crippen molar-refractivity contribution in [2.75, 3.05) is 13.7 Å². The van der Waals surface area contributed by atoms with E-state index in [1.165, 1.54) is 25.3 Å². The molecule has 2 aromatic carbocycles. The van der Waals surface area contributed by atoms with Gasteiger partial charge in [0.2, 0.25) is 15.9 Å². The van der Waals surface area contributed by atoms with Gasteiger partial charge in [-0.25, -0.2) is 27.3 Å². The Morgan fingerprint density at radius 1 is 1.22 bits per heavy atom. The molecule has 196 valence electrons. The number of methoxy groups -OCH3 is 1. The summed E-state index contributed by atoms with van der Waals surface area (Å²) in [5, 5.41) is 2.67. The van der Waals surface area contributed by atoms with Gasteiger partial charge in [0.1, 0.15) is 22.1 Å². The molecule has 1 aliphatic carbocycles. The number of carbonyl (C=O) groups is 2. The number of halogens is 3. The topological polar surface area (TPSA) is 130 Å². The Labute approximate surface area is 226 Å². The lowest BCUT2D eigenvalue weighted by atomic mass is 10.2. The molecule has 1 amide bonds. The van der Waals surface area contributed by atoms with Gasteiger partial charge in [-0.05, 0) is 65.5 Å². The molecule has 1 aromatic heterocycles. The fourth-order valence-electron chi connectivity index (χ4n) is 3.69. The third-order valence-electron chi connectivity index (χ3n) is 5.86. The maximum Gasteiger partial charge on any atom is 0.331 e. The van der Waals surface area contributed by atoms with Crippen molar-refractivity contribution in [1.82, 2.24) is 20.0 Å². The molecule has 0 radical (unpaired) electrons. The zero-order chi connectivity index (χ0) is 26.8. The maximum atomic E-state index is 13.9. The summed E-state index contributed by atoms with van der Waals surface area (Å²) >= 11 is 9.30. The molecular weight excluding hydrogens is 591 g/mol. The number of carbonyl (C=O) groups excluding carboxylic acids is 2. The number of aromatic amines is 1. The summed E-state index contributed by atoms with van der Waals surface area (Å²) in [4.78, 5) is 31.2. The second kappa shape index (κ2) is 10.9. The highest BCUT2D eigenvalue weighted by atomic mass is 79.9.